The van der Waals surface area contributed by atoms with E-state index in [4.69, 9.17) is 0 Å². The van der Waals surface area contributed by atoms with E-state index >= 15 is 0 Å². The van der Waals surface area contributed by atoms with Crippen molar-refractivity contribution in [2.45, 2.75) is 12.8 Å². The molecule has 1 aliphatic heterocycles. The largest absolute Gasteiger partial charge is 0.339 e. The molecule has 0 saturated heterocycles. The topological polar surface area (TPSA) is 32.3 Å². The lowest BCUT2D eigenvalue weighted by molar-refractivity contribution is -0.115. The average Bonchev–Trinajstić information content (AvgIpc) is 3.25. The first-order valence-electron chi connectivity index (χ1n) is 8.08. The maximum atomic E-state index is 12.4. The minimum absolute atomic E-state index is 0.0254. The smallest absolute Gasteiger partial charge is 0.229 e. The summed E-state index contributed by atoms with van der Waals surface area (Å²) in [6, 6.07) is 20.5. The molecule has 0 bridgehead atoms. The number of nitrogens with zero attached hydrogens (tertiary/aromatic N) is 1. The van der Waals surface area contributed by atoms with Crippen LogP contribution in [0.2, 0.25) is 0 Å². The van der Waals surface area contributed by atoms with Crippen LogP contribution in [-0.4, -0.2) is 12.5 Å². The highest BCUT2D eigenvalue weighted by atomic mass is 32.1. The van der Waals surface area contributed by atoms with Gasteiger partial charge in [0.1, 0.15) is 0 Å². The SMILES string of the molecule is O=C(Cc1cccs1)Nc1ccccc1N1CCc2ccccc21. The van der Waals surface area contributed by atoms with Crippen molar-refractivity contribution in [3.05, 3.63) is 76.5 Å². The third kappa shape index (κ3) is 2.93. The van der Waals surface area contributed by atoms with Gasteiger partial charge in [-0.25, -0.2) is 0 Å². The number of nitrogens with one attached hydrogen (secondary N) is 1. The summed E-state index contributed by atoms with van der Waals surface area (Å²) in [6.45, 7) is 0.942. The molecule has 0 radical (unpaired) electrons. The molecule has 1 aromatic heterocycles. The van der Waals surface area contributed by atoms with Crippen molar-refractivity contribution in [3.63, 3.8) is 0 Å². The zero-order valence-corrected chi connectivity index (χ0v) is 14.1. The molecule has 2 heterocycles. The van der Waals surface area contributed by atoms with Gasteiger partial charge in [0.2, 0.25) is 5.91 Å². The Morgan fingerprint density at radius 3 is 2.62 bits per heavy atom. The van der Waals surface area contributed by atoms with Gasteiger partial charge in [0.25, 0.3) is 0 Å². The quantitative estimate of drug-likeness (QED) is 0.755. The van der Waals surface area contributed by atoms with Crippen LogP contribution < -0.4 is 10.2 Å². The van der Waals surface area contributed by atoms with Crippen LogP contribution >= 0.6 is 11.3 Å². The van der Waals surface area contributed by atoms with Crippen LogP contribution in [0.1, 0.15) is 10.4 Å². The summed E-state index contributed by atoms with van der Waals surface area (Å²) >= 11 is 1.61. The maximum Gasteiger partial charge on any atom is 0.229 e. The van der Waals surface area contributed by atoms with Crippen LogP contribution in [0.5, 0.6) is 0 Å². The molecule has 0 saturated carbocycles. The van der Waals surface area contributed by atoms with Crippen molar-refractivity contribution >= 4 is 34.3 Å². The predicted molar refractivity (Wildman–Crippen MR) is 100 cm³/mol. The molecule has 2 aromatic carbocycles. The van der Waals surface area contributed by atoms with Crippen molar-refractivity contribution in [1.29, 1.82) is 0 Å². The number of para-hydroxylation sites is 3. The molecular weight excluding hydrogens is 316 g/mol. The fourth-order valence-electron chi connectivity index (χ4n) is 3.17. The summed E-state index contributed by atoms with van der Waals surface area (Å²) in [5, 5.41) is 5.08. The van der Waals surface area contributed by atoms with Crippen molar-refractivity contribution in [1.82, 2.24) is 0 Å². The van der Waals surface area contributed by atoms with Gasteiger partial charge in [0.15, 0.2) is 0 Å². The van der Waals surface area contributed by atoms with Crippen molar-refractivity contribution in [2.24, 2.45) is 0 Å². The number of anilines is 3. The predicted octanol–water partition coefficient (Wildman–Crippen LogP) is 4.62. The number of hydrogen-bond acceptors (Lipinski definition) is 3. The van der Waals surface area contributed by atoms with Crippen LogP contribution in [-0.2, 0) is 17.6 Å². The Morgan fingerprint density at radius 1 is 1.00 bits per heavy atom. The minimum Gasteiger partial charge on any atom is -0.339 e. The van der Waals surface area contributed by atoms with Crippen LogP contribution in [0.25, 0.3) is 0 Å². The van der Waals surface area contributed by atoms with E-state index in [1.807, 2.05) is 35.7 Å². The fourth-order valence-corrected chi connectivity index (χ4v) is 3.87. The molecule has 0 spiro atoms. The van der Waals surface area contributed by atoms with Gasteiger partial charge in [0.05, 0.1) is 17.8 Å². The van der Waals surface area contributed by atoms with Gasteiger partial charge >= 0.3 is 0 Å². The molecule has 0 fully saturated rings. The number of fused-ring (bicyclic) bond motifs is 1. The van der Waals surface area contributed by atoms with E-state index in [0.717, 1.165) is 29.2 Å². The number of hydrogen-bond donors (Lipinski definition) is 1. The first-order chi connectivity index (χ1) is 11.8. The van der Waals surface area contributed by atoms with Crippen LogP contribution in [0.3, 0.4) is 0 Å². The molecule has 0 atom stereocenters. The van der Waals surface area contributed by atoms with Crippen molar-refractivity contribution < 1.29 is 4.79 Å². The lowest BCUT2D eigenvalue weighted by atomic mass is 10.1. The minimum atomic E-state index is 0.0254. The molecule has 0 aliphatic carbocycles. The van der Waals surface area contributed by atoms with Gasteiger partial charge in [-0.2, -0.15) is 0 Å². The van der Waals surface area contributed by atoms with E-state index in [1.54, 1.807) is 11.3 Å². The second kappa shape index (κ2) is 6.49. The van der Waals surface area contributed by atoms with E-state index in [0.29, 0.717) is 6.42 Å². The van der Waals surface area contributed by atoms with Gasteiger partial charge < -0.3 is 10.2 Å². The van der Waals surface area contributed by atoms with Crippen LogP contribution in [0.15, 0.2) is 66.0 Å². The highest BCUT2D eigenvalue weighted by Crippen LogP contribution is 2.38. The Balaban J connectivity index is 1.59. The Kier molecular flexibility index (Phi) is 4.05. The lowest BCUT2D eigenvalue weighted by Crippen LogP contribution is -2.19. The van der Waals surface area contributed by atoms with Crippen molar-refractivity contribution in [3.8, 4) is 0 Å². The normalized spacial score (nSPS) is 12.9. The van der Waals surface area contributed by atoms with Gasteiger partial charge in [-0.3, -0.25) is 4.79 Å². The zero-order valence-electron chi connectivity index (χ0n) is 13.2. The molecule has 4 heteroatoms. The summed E-state index contributed by atoms with van der Waals surface area (Å²) in [6.07, 6.45) is 1.45. The van der Waals surface area contributed by atoms with Crippen LogP contribution in [0, 0.1) is 0 Å². The molecule has 24 heavy (non-hydrogen) atoms. The van der Waals surface area contributed by atoms with Crippen molar-refractivity contribution in [2.75, 3.05) is 16.8 Å². The maximum absolute atomic E-state index is 12.4. The second-order valence-electron chi connectivity index (χ2n) is 5.85. The van der Waals surface area contributed by atoms with E-state index in [-0.39, 0.29) is 5.91 Å². The Morgan fingerprint density at radius 2 is 1.79 bits per heavy atom. The molecule has 3 aromatic rings. The standard InChI is InChI=1S/C20H18N2OS/c23-20(14-16-7-5-13-24-16)21-17-8-2-4-10-19(17)22-12-11-15-6-1-3-9-18(15)22/h1-10,13H,11-12,14H2,(H,21,23). The highest BCUT2D eigenvalue weighted by Gasteiger charge is 2.22. The van der Waals surface area contributed by atoms with E-state index in [1.165, 1.54) is 11.3 Å². The number of rotatable bonds is 4. The molecule has 120 valence electrons. The molecule has 1 N–H and O–H groups in total. The zero-order chi connectivity index (χ0) is 16.4. The average molecular weight is 334 g/mol. The van der Waals surface area contributed by atoms with E-state index in [9.17, 15) is 4.79 Å². The molecule has 0 unspecified atom stereocenters. The number of thiophene rings is 1. The summed E-state index contributed by atoms with van der Waals surface area (Å²) in [5.41, 5.74) is 4.52. The highest BCUT2D eigenvalue weighted by molar-refractivity contribution is 7.10. The Bertz CT molecular complexity index is 858. The summed E-state index contributed by atoms with van der Waals surface area (Å²) in [4.78, 5) is 15.7. The molecule has 1 amide bonds. The summed E-state index contributed by atoms with van der Waals surface area (Å²) in [7, 11) is 0. The monoisotopic (exact) mass is 334 g/mol. The molecule has 4 rings (SSSR count). The molecule has 3 nitrogen and oxygen atoms in total. The number of carbonyl (C=O) groups excluding carboxylic acids is 1. The molecular formula is C20H18N2OS. The number of benzene rings is 2. The van der Waals surface area contributed by atoms with E-state index in [2.05, 4.69) is 40.5 Å². The second-order valence-corrected chi connectivity index (χ2v) is 6.88. The van der Waals surface area contributed by atoms with Gasteiger partial charge in [0, 0.05) is 17.1 Å². The fraction of sp³-hybridized carbons (Fsp3) is 0.150. The van der Waals surface area contributed by atoms with E-state index < -0.39 is 0 Å². The van der Waals surface area contributed by atoms with Gasteiger partial charge in [-0.15, -0.1) is 11.3 Å². The summed E-state index contributed by atoms with van der Waals surface area (Å²) in [5.74, 6) is 0.0254. The number of amides is 1. The summed E-state index contributed by atoms with van der Waals surface area (Å²) < 4.78 is 0. The Hall–Kier alpha value is -2.59. The first kappa shape index (κ1) is 15.0. The lowest BCUT2D eigenvalue weighted by Gasteiger charge is -2.23. The third-order valence-corrected chi connectivity index (χ3v) is 5.15. The number of carbonyl (C=O) groups is 1. The van der Waals surface area contributed by atoms with Gasteiger partial charge in [-0.05, 0) is 41.6 Å². The third-order valence-electron chi connectivity index (χ3n) is 4.27. The van der Waals surface area contributed by atoms with Crippen LogP contribution in [0.4, 0.5) is 17.1 Å². The van der Waals surface area contributed by atoms with Gasteiger partial charge in [-0.1, -0.05) is 36.4 Å². The first-order valence-corrected chi connectivity index (χ1v) is 8.96. The molecule has 1 aliphatic rings. The Labute approximate surface area is 145 Å².